The fourth-order valence-corrected chi connectivity index (χ4v) is 5.98. The number of rotatable bonds is 21. The van der Waals surface area contributed by atoms with Crippen molar-refractivity contribution < 1.29 is 42.5 Å². The molecule has 0 fully saturated rings. The molecule has 0 aliphatic heterocycles. The number of hydrogen-bond donors (Lipinski definition) is 0. The summed E-state index contributed by atoms with van der Waals surface area (Å²) in [4.78, 5) is -0.0266. The maximum absolute atomic E-state index is 12.0. The van der Waals surface area contributed by atoms with Gasteiger partial charge in [0.1, 0.15) is 10.1 Å². The van der Waals surface area contributed by atoms with E-state index in [1.807, 2.05) is 12.1 Å². The van der Waals surface area contributed by atoms with E-state index < -0.39 is 10.1 Å². The zero-order valence-electron chi connectivity index (χ0n) is 24.2. The summed E-state index contributed by atoms with van der Waals surface area (Å²) >= 11 is 0. The van der Waals surface area contributed by atoms with Gasteiger partial charge in [-0.25, -0.2) is 8.42 Å². The smallest absolute Gasteiger partial charge is 0.744 e. The SMILES string of the molecule is CCCCCCCCCCCc1ccc2cc(S(=O)(=O)[O-])c(CCCCCCCCCCC)cc2c1.[Na+]. The Labute approximate surface area is 250 Å². The Hall–Kier alpha value is -0.390. The van der Waals surface area contributed by atoms with Crippen LogP contribution in [0.1, 0.15) is 141 Å². The van der Waals surface area contributed by atoms with Crippen molar-refractivity contribution in [2.75, 3.05) is 0 Å². The number of benzene rings is 2. The van der Waals surface area contributed by atoms with Crippen LogP contribution in [0.5, 0.6) is 0 Å². The molecule has 0 saturated carbocycles. The minimum Gasteiger partial charge on any atom is -0.744 e. The Bertz CT molecular complexity index is 971. The molecule has 37 heavy (non-hydrogen) atoms. The molecular weight excluding hydrogens is 487 g/mol. The third-order valence-electron chi connectivity index (χ3n) is 7.47. The summed E-state index contributed by atoms with van der Waals surface area (Å²) in [6, 6.07) is 9.83. The Balaban J connectivity index is 0.00000684. The van der Waals surface area contributed by atoms with Gasteiger partial charge in [-0.05, 0) is 59.7 Å². The minimum atomic E-state index is -4.48. The molecule has 0 aliphatic rings. The predicted molar refractivity (Wildman–Crippen MR) is 154 cm³/mol. The second-order valence-corrected chi connectivity index (χ2v) is 12.1. The van der Waals surface area contributed by atoms with Gasteiger partial charge in [0.25, 0.3) is 0 Å². The van der Waals surface area contributed by atoms with Crippen molar-refractivity contribution in [2.24, 2.45) is 0 Å². The van der Waals surface area contributed by atoms with E-state index >= 15 is 0 Å². The van der Waals surface area contributed by atoms with Crippen LogP contribution in [0.15, 0.2) is 35.2 Å². The summed E-state index contributed by atoms with van der Waals surface area (Å²) in [7, 11) is -4.48. The molecule has 0 N–H and O–H groups in total. The average molecular weight is 539 g/mol. The van der Waals surface area contributed by atoms with E-state index in [4.69, 9.17) is 0 Å². The molecule has 0 spiro atoms. The van der Waals surface area contributed by atoms with Crippen LogP contribution in [0.2, 0.25) is 0 Å². The third-order valence-corrected chi connectivity index (χ3v) is 8.39. The summed E-state index contributed by atoms with van der Waals surface area (Å²) in [5, 5.41) is 1.90. The third kappa shape index (κ3) is 14.5. The molecule has 0 heterocycles. The zero-order chi connectivity index (χ0) is 26.1. The summed E-state index contributed by atoms with van der Waals surface area (Å²) in [5.41, 5.74) is 2.00. The second kappa shape index (κ2) is 20.5. The largest absolute Gasteiger partial charge is 1.00 e. The molecule has 2 aromatic rings. The number of aryl methyl sites for hydroxylation is 2. The first-order valence-electron chi connectivity index (χ1n) is 15.0. The van der Waals surface area contributed by atoms with Gasteiger partial charge in [-0.3, -0.25) is 0 Å². The van der Waals surface area contributed by atoms with Gasteiger partial charge in [-0.2, -0.15) is 0 Å². The molecule has 0 unspecified atom stereocenters. The first kappa shape index (κ1) is 34.6. The maximum Gasteiger partial charge on any atom is 1.00 e. The van der Waals surface area contributed by atoms with Gasteiger partial charge in [-0.15, -0.1) is 0 Å². The fourth-order valence-electron chi connectivity index (χ4n) is 5.22. The minimum absolute atomic E-state index is 0. The molecule has 3 nitrogen and oxygen atoms in total. The van der Waals surface area contributed by atoms with Crippen LogP contribution in [0, 0.1) is 0 Å². The molecule has 0 aromatic heterocycles. The van der Waals surface area contributed by atoms with Gasteiger partial charge >= 0.3 is 29.6 Å². The van der Waals surface area contributed by atoms with E-state index in [1.165, 1.54) is 108 Å². The first-order chi connectivity index (χ1) is 17.5. The molecule has 0 bridgehead atoms. The molecule has 204 valence electrons. The van der Waals surface area contributed by atoms with Crippen molar-refractivity contribution in [1.82, 2.24) is 0 Å². The average Bonchev–Trinajstić information content (AvgIpc) is 2.85. The Kier molecular flexibility index (Phi) is 19.2. The zero-order valence-corrected chi connectivity index (χ0v) is 27.0. The molecule has 2 rings (SSSR count). The van der Waals surface area contributed by atoms with E-state index in [1.54, 1.807) is 6.07 Å². The second-order valence-electron chi connectivity index (χ2n) is 10.8. The van der Waals surface area contributed by atoms with E-state index in [0.29, 0.717) is 12.0 Å². The normalized spacial score (nSPS) is 11.6. The first-order valence-corrected chi connectivity index (χ1v) is 16.4. The van der Waals surface area contributed by atoms with Crippen molar-refractivity contribution in [3.05, 3.63) is 41.5 Å². The van der Waals surface area contributed by atoms with Crippen molar-refractivity contribution in [2.45, 2.75) is 147 Å². The van der Waals surface area contributed by atoms with E-state index in [-0.39, 0.29) is 34.5 Å². The van der Waals surface area contributed by atoms with E-state index in [2.05, 4.69) is 26.0 Å². The summed E-state index contributed by atoms with van der Waals surface area (Å²) < 4.78 is 35.9. The van der Waals surface area contributed by atoms with Crippen molar-refractivity contribution in [3.63, 3.8) is 0 Å². The molecule has 0 radical (unpaired) electrons. The van der Waals surface area contributed by atoms with Gasteiger partial charge in [-0.1, -0.05) is 135 Å². The van der Waals surface area contributed by atoms with Crippen molar-refractivity contribution >= 4 is 20.9 Å². The number of hydrogen-bond acceptors (Lipinski definition) is 3. The van der Waals surface area contributed by atoms with Crippen LogP contribution in [-0.4, -0.2) is 13.0 Å². The molecule has 0 saturated heterocycles. The van der Waals surface area contributed by atoms with Crippen LogP contribution in [-0.2, 0) is 23.0 Å². The van der Waals surface area contributed by atoms with Crippen molar-refractivity contribution in [1.29, 1.82) is 0 Å². The Morgan fingerprint density at radius 2 is 1.03 bits per heavy atom. The van der Waals surface area contributed by atoms with E-state index in [0.717, 1.165) is 30.0 Å². The van der Waals surface area contributed by atoms with Gasteiger partial charge in [0.2, 0.25) is 0 Å². The topological polar surface area (TPSA) is 57.2 Å². The van der Waals surface area contributed by atoms with Gasteiger partial charge in [0.15, 0.2) is 0 Å². The van der Waals surface area contributed by atoms with Gasteiger partial charge in [0.05, 0.1) is 4.90 Å². The van der Waals surface area contributed by atoms with E-state index in [9.17, 15) is 13.0 Å². The molecular formula is C32H51NaO3S. The molecule has 0 aliphatic carbocycles. The molecule has 0 atom stereocenters. The Morgan fingerprint density at radius 3 is 1.51 bits per heavy atom. The molecule has 2 aromatic carbocycles. The van der Waals surface area contributed by atoms with Crippen LogP contribution < -0.4 is 29.6 Å². The monoisotopic (exact) mass is 538 g/mol. The summed E-state index contributed by atoms with van der Waals surface area (Å²) in [6.07, 6.45) is 24.6. The Morgan fingerprint density at radius 1 is 0.568 bits per heavy atom. The van der Waals surface area contributed by atoms with Crippen LogP contribution in [0.25, 0.3) is 10.8 Å². The van der Waals surface area contributed by atoms with Gasteiger partial charge < -0.3 is 4.55 Å². The summed E-state index contributed by atoms with van der Waals surface area (Å²) in [5.74, 6) is 0. The fraction of sp³-hybridized carbons (Fsp3) is 0.688. The van der Waals surface area contributed by atoms with Gasteiger partial charge in [0, 0.05) is 0 Å². The standard InChI is InChI=1S/C32H52O3S.Na/c1-3-5-7-9-11-13-15-17-19-21-28-23-24-29-27-32(36(33,34)35)30(26-31(29)25-28)22-20-18-16-14-12-10-8-6-4-2;/h23-27H,3-22H2,1-2H3,(H,33,34,35);/q;+1/p-1. The maximum atomic E-state index is 12.0. The van der Waals surface area contributed by atoms with Crippen molar-refractivity contribution in [3.8, 4) is 0 Å². The van der Waals surface area contributed by atoms with Crippen LogP contribution in [0.4, 0.5) is 0 Å². The van der Waals surface area contributed by atoms with Crippen LogP contribution in [0.3, 0.4) is 0 Å². The van der Waals surface area contributed by atoms with Crippen LogP contribution >= 0.6 is 0 Å². The number of unbranched alkanes of at least 4 members (excludes halogenated alkanes) is 16. The molecule has 5 heteroatoms. The molecule has 0 amide bonds. The summed E-state index contributed by atoms with van der Waals surface area (Å²) in [6.45, 7) is 4.50. The quantitative estimate of drug-likeness (QED) is 0.0987. The predicted octanol–water partition coefficient (Wildman–Crippen LogP) is 6.89. The number of fused-ring (bicyclic) bond motifs is 1.